The number of alkyl halides is 1. The monoisotopic (exact) mass is 374 g/mol. The number of hydrogen-bond acceptors (Lipinski definition) is 1. The first-order chi connectivity index (χ1) is 13.0. The zero-order valence-corrected chi connectivity index (χ0v) is 14.7. The second-order valence-corrected chi connectivity index (χ2v) is 6.05. The summed E-state index contributed by atoms with van der Waals surface area (Å²) in [5, 5.41) is 0. The molecule has 0 spiro atoms. The average molecular weight is 374 g/mol. The van der Waals surface area contributed by atoms with Crippen LogP contribution >= 0.6 is 0 Å². The summed E-state index contributed by atoms with van der Waals surface area (Å²) in [7, 11) is 0. The largest absolute Gasteiger partial charge is 0.485 e. The number of hydrogen-bond donors (Lipinski definition) is 0. The first kappa shape index (κ1) is 19.0. The Hall–Kier alpha value is -2.82. The molecule has 140 valence electrons. The summed E-state index contributed by atoms with van der Waals surface area (Å²) in [5.74, 6) is -3.26. The molecule has 0 bridgehead atoms. The van der Waals surface area contributed by atoms with Gasteiger partial charge in [0.15, 0.2) is 17.4 Å². The second-order valence-electron chi connectivity index (χ2n) is 6.05. The van der Waals surface area contributed by atoms with Crippen molar-refractivity contribution in [3.63, 3.8) is 0 Å². The van der Waals surface area contributed by atoms with Gasteiger partial charge in [-0.15, -0.1) is 0 Å². The summed E-state index contributed by atoms with van der Waals surface area (Å²) >= 11 is 0. The zero-order chi connectivity index (χ0) is 19.4. The molecule has 0 fully saturated rings. The maximum Gasteiger partial charge on any atom is 0.190 e. The molecule has 0 unspecified atom stereocenters. The highest BCUT2D eigenvalue weighted by molar-refractivity contribution is 5.71. The highest BCUT2D eigenvalue weighted by atomic mass is 19.1. The summed E-state index contributed by atoms with van der Waals surface area (Å²) in [4.78, 5) is 0. The Morgan fingerprint density at radius 2 is 1.33 bits per heavy atom. The Kier molecular flexibility index (Phi) is 5.79. The van der Waals surface area contributed by atoms with Crippen molar-refractivity contribution in [2.24, 2.45) is 0 Å². The minimum Gasteiger partial charge on any atom is -0.485 e. The SMILES string of the molecule is CCc1ccc(-c2ccc(-c3cc(F)c(OCCF)c(F)c3)c(F)c2)cc1. The first-order valence-electron chi connectivity index (χ1n) is 8.60. The van der Waals surface area contributed by atoms with E-state index in [0.29, 0.717) is 5.56 Å². The Morgan fingerprint density at radius 3 is 1.89 bits per heavy atom. The fraction of sp³-hybridized carbons (Fsp3) is 0.182. The third-order valence-electron chi connectivity index (χ3n) is 4.30. The van der Waals surface area contributed by atoms with E-state index in [1.165, 1.54) is 17.7 Å². The van der Waals surface area contributed by atoms with Crippen molar-refractivity contribution >= 4 is 0 Å². The lowest BCUT2D eigenvalue weighted by Crippen LogP contribution is -2.03. The van der Waals surface area contributed by atoms with Crippen LogP contribution in [0.1, 0.15) is 12.5 Å². The summed E-state index contributed by atoms with van der Waals surface area (Å²) in [6.07, 6.45) is 0.912. The molecule has 3 rings (SSSR count). The van der Waals surface area contributed by atoms with Gasteiger partial charge in [-0.05, 0) is 46.9 Å². The minimum absolute atomic E-state index is 0.0444. The molecule has 0 saturated heterocycles. The van der Waals surface area contributed by atoms with Crippen LogP contribution in [0.25, 0.3) is 22.3 Å². The van der Waals surface area contributed by atoms with Crippen molar-refractivity contribution in [3.8, 4) is 28.0 Å². The molecule has 0 amide bonds. The summed E-state index contributed by atoms with van der Waals surface area (Å²) < 4.78 is 59.6. The highest BCUT2D eigenvalue weighted by Gasteiger charge is 2.16. The quantitative estimate of drug-likeness (QED) is 0.457. The molecule has 0 aliphatic heterocycles. The Balaban J connectivity index is 1.93. The maximum atomic E-state index is 14.6. The summed E-state index contributed by atoms with van der Waals surface area (Å²) in [6.45, 7) is 0.735. The van der Waals surface area contributed by atoms with Gasteiger partial charge in [-0.1, -0.05) is 43.3 Å². The Bertz CT molecular complexity index is 913. The van der Waals surface area contributed by atoms with Crippen LogP contribution < -0.4 is 4.74 Å². The van der Waals surface area contributed by atoms with Gasteiger partial charge in [0.1, 0.15) is 19.1 Å². The molecule has 0 atom stereocenters. The van der Waals surface area contributed by atoms with Gasteiger partial charge in [-0.3, -0.25) is 0 Å². The second kappa shape index (κ2) is 8.25. The van der Waals surface area contributed by atoms with Crippen LogP contribution in [0.15, 0.2) is 54.6 Å². The van der Waals surface area contributed by atoms with Gasteiger partial charge in [0.05, 0.1) is 0 Å². The van der Waals surface area contributed by atoms with Crippen LogP contribution in [0.2, 0.25) is 0 Å². The normalized spacial score (nSPS) is 10.9. The maximum absolute atomic E-state index is 14.6. The molecule has 0 aliphatic carbocycles. The van der Waals surface area contributed by atoms with Crippen molar-refractivity contribution in [2.75, 3.05) is 13.3 Å². The van der Waals surface area contributed by atoms with E-state index < -0.39 is 36.5 Å². The molecule has 0 heterocycles. The zero-order valence-electron chi connectivity index (χ0n) is 14.7. The van der Waals surface area contributed by atoms with Gasteiger partial charge < -0.3 is 4.74 Å². The van der Waals surface area contributed by atoms with Gasteiger partial charge in [0, 0.05) is 5.56 Å². The van der Waals surface area contributed by atoms with Crippen LogP contribution in [-0.4, -0.2) is 13.3 Å². The topological polar surface area (TPSA) is 9.23 Å². The van der Waals surface area contributed by atoms with Gasteiger partial charge in [-0.25, -0.2) is 17.6 Å². The van der Waals surface area contributed by atoms with Gasteiger partial charge >= 0.3 is 0 Å². The van der Waals surface area contributed by atoms with E-state index >= 15 is 0 Å². The van der Waals surface area contributed by atoms with E-state index in [2.05, 4.69) is 6.92 Å². The molecule has 0 N–H and O–H groups in total. The first-order valence-corrected chi connectivity index (χ1v) is 8.60. The van der Waals surface area contributed by atoms with E-state index in [4.69, 9.17) is 4.74 Å². The van der Waals surface area contributed by atoms with Crippen molar-refractivity contribution in [3.05, 3.63) is 77.6 Å². The van der Waals surface area contributed by atoms with Crippen molar-refractivity contribution in [1.82, 2.24) is 0 Å². The number of halogens is 4. The van der Waals surface area contributed by atoms with Crippen LogP contribution in [0, 0.1) is 17.5 Å². The molecule has 5 heteroatoms. The lowest BCUT2D eigenvalue weighted by molar-refractivity contribution is 0.251. The van der Waals surface area contributed by atoms with Crippen molar-refractivity contribution < 1.29 is 22.3 Å². The van der Waals surface area contributed by atoms with Crippen LogP contribution in [0.4, 0.5) is 17.6 Å². The van der Waals surface area contributed by atoms with E-state index in [1.807, 2.05) is 24.3 Å². The third kappa shape index (κ3) is 4.13. The number of benzene rings is 3. The lowest BCUT2D eigenvalue weighted by Gasteiger charge is -2.11. The predicted molar refractivity (Wildman–Crippen MR) is 98.0 cm³/mol. The van der Waals surface area contributed by atoms with Gasteiger partial charge in [0.2, 0.25) is 0 Å². The average Bonchev–Trinajstić information content (AvgIpc) is 2.67. The van der Waals surface area contributed by atoms with E-state index in [1.54, 1.807) is 6.07 Å². The van der Waals surface area contributed by atoms with Gasteiger partial charge in [-0.2, -0.15) is 0 Å². The van der Waals surface area contributed by atoms with E-state index in [-0.39, 0.29) is 11.1 Å². The lowest BCUT2D eigenvalue weighted by atomic mass is 9.98. The molecule has 0 radical (unpaired) electrons. The van der Waals surface area contributed by atoms with E-state index in [9.17, 15) is 17.6 Å². The fourth-order valence-corrected chi connectivity index (χ4v) is 2.86. The Labute approximate surface area is 155 Å². The molecule has 3 aromatic rings. The van der Waals surface area contributed by atoms with Crippen LogP contribution in [0.5, 0.6) is 5.75 Å². The molecule has 0 aromatic heterocycles. The summed E-state index contributed by atoms with van der Waals surface area (Å²) in [6, 6.07) is 14.2. The molecule has 1 nitrogen and oxygen atoms in total. The fourth-order valence-electron chi connectivity index (χ4n) is 2.86. The molecule has 0 aliphatic rings. The molecular formula is C22H18F4O. The number of rotatable bonds is 6. The van der Waals surface area contributed by atoms with Crippen molar-refractivity contribution in [1.29, 1.82) is 0 Å². The minimum atomic E-state index is -1.00. The molecule has 27 heavy (non-hydrogen) atoms. The predicted octanol–water partition coefficient (Wildman–Crippen LogP) is 6.35. The number of ether oxygens (including phenoxy) is 1. The van der Waals surface area contributed by atoms with E-state index in [0.717, 1.165) is 24.1 Å². The van der Waals surface area contributed by atoms with Crippen molar-refractivity contribution in [2.45, 2.75) is 13.3 Å². The third-order valence-corrected chi connectivity index (χ3v) is 4.30. The standard InChI is InChI=1S/C22H18F4O/c1-2-14-3-5-15(6-4-14)16-7-8-18(19(24)11-16)17-12-20(25)22(21(26)13-17)27-10-9-23/h3-8,11-13H,2,9-10H2,1H3. The molecule has 3 aromatic carbocycles. The van der Waals surface area contributed by atoms with Crippen LogP contribution in [-0.2, 0) is 6.42 Å². The van der Waals surface area contributed by atoms with Crippen LogP contribution in [0.3, 0.4) is 0 Å². The number of aryl methyl sites for hydroxylation is 1. The summed E-state index contributed by atoms with van der Waals surface area (Å²) in [5.41, 5.74) is 2.81. The molecule has 0 saturated carbocycles. The Morgan fingerprint density at radius 1 is 0.741 bits per heavy atom. The molecular weight excluding hydrogens is 356 g/mol. The smallest absolute Gasteiger partial charge is 0.190 e. The van der Waals surface area contributed by atoms with Gasteiger partial charge in [0.25, 0.3) is 0 Å². The highest BCUT2D eigenvalue weighted by Crippen LogP contribution is 2.32.